The highest BCUT2D eigenvalue weighted by molar-refractivity contribution is 7.18. The standard InChI is InChI=1S/C19H19FN4O2S/c20-12-3-1-2-11(8-12)16(25)17-18(21)24-19(27-17)23-13-4-6-14(7-5-13)26-15-9-22-10-15/h1-7,12,15,22H,8-10,21H2,(H,23,24). The Morgan fingerprint density at radius 2 is 2.11 bits per heavy atom. The molecule has 2 heterocycles. The zero-order valence-corrected chi connectivity index (χ0v) is 15.3. The van der Waals surface area contributed by atoms with E-state index in [0.29, 0.717) is 15.6 Å². The first kappa shape index (κ1) is 17.7. The van der Waals surface area contributed by atoms with E-state index in [9.17, 15) is 9.18 Å². The summed E-state index contributed by atoms with van der Waals surface area (Å²) in [4.78, 5) is 17.1. The van der Waals surface area contributed by atoms with Crippen molar-refractivity contribution < 1.29 is 13.9 Å². The lowest BCUT2D eigenvalue weighted by Crippen LogP contribution is -2.50. The predicted octanol–water partition coefficient (Wildman–Crippen LogP) is 3.23. The van der Waals surface area contributed by atoms with Crippen LogP contribution in [-0.2, 0) is 0 Å². The van der Waals surface area contributed by atoms with Gasteiger partial charge in [-0.15, -0.1) is 0 Å². The van der Waals surface area contributed by atoms with E-state index >= 15 is 0 Å². The number of Topliss-reactive ketones (excluding diaryl/α,β-unsaturated/α-hetero) is 1. The topological polar surface area (TPSA) is 89.3 Å². The van der Waals surface area contributed by atoms with Crippen LogP contribution in [0.1, 0.15) is 16.1 Å². The van der Waals surface area contributed by atoms with Gasteiger partial charge >= 0.3 is 0 Å². The van der Waals surface area contributed by atoms with Gasteiger partial charge in [0.2, 0.25) is 5.78 Å². The Balaban J connectivity index is 1.44. The number of aromatic nitrogens is 1. The molecular formula is C19H19FN4O2S. The van der Waals surface area contributed by atoms with Crippen LogP contribution in [0.5, 0.6) is 5.75 Å². The zero-order valence-electron chi connectivity index (χ0n) is 14.4. The molecule has 1 aromatic carbocycles. The number of nitrogens with one attached hydrogen (secondary N) is 2. The molecule has 27 heavy (non-hydrogen) atoms. The number of hydrogen-bond acceptors (Lipinski definition) is 7. The molecule has 1 unspecified atom stereocenters. The third-order valence-electron chi connectivity index (χ3n) is 4.34. The minimum atomic E-state index is -1.14. The Morgan fingerprint density at radius 3 is 2.78 bits per heavy atom. The quantitative estimate of drug-likeness (QED) is 0.661. The van der Waals surface area contributed by atoms with E-state index in [0.717, 1.165) is 35.9 Å². The third kappa shape index (κ3) is 4.01. The van der Waals surface area contributed by atoms with Gasteiger partial charge in [-0.1, -0.05) is 29.6 Å². The maximum atomic E-state index is 13.5. The number of allylic oxidation sites excluding steroid dienone is 4. The lowest BCUT2D eigenvalue weighted by molar-refractivity contribution is 0.103. The molecule has 1 aliphatic carbocycles. The molecule has 2 aromatic rings. The summed E-state index contributed by atoms with van der Waals surface area (Å²) in [7, 11) is 0. The van der Waals surface area contributed by atoms with Crippen LogP contribution in [0.15, 0.2) is 48.1 Å². The van der Waals surface area contributed by atoms with Crippen molar-refractivity contribution in [3.05, 3.63) is 52.9 Å². The highest BCUT2D eigenvalue weighted by Crippen LogP contribution is 2.32. The molecule has 8 heteroatoms. The first-order chi connectivity index (χ1) is 13.1. The molecule has 1 aliphatic heterocycles. The number of alkyl halides is 1. The number of halogens is 1. The average molecular weight is 386 g/mol. The van der Waals surface area contributed by atoms with E-state index in [1.54, 1.807) is 12.2 Å². The van der Waals surface area contributed by atoms with Crippen LogP contribution in [0.2, 0.25) is 0 Å². The highest BCUT2D eigenvalue weighted by atomic mass is 32.1. The van der Waals surface area contributed by atoms with Crippen LogP contribution in [-0.4, -0.2) is 36.1 Å². The Labute approximate surface area is 159 Å². The molecule has 4 rings (SSSR count). The summed E-state index contributed by atoms with van der Waals surface area (Å²) in [6.07, 6.45) is 3.76. The maximum Gasteiger partial charge on any atom is 0.202 e. The third-order valence-corrected chi connectivity index (χ3v) is 5.32. The molecule has 1 saturated heterocycles. The number of nitrogens with two attached hydrogens (primary N) is 1. The van der Waals surface area contributed by atoms with Crippen molar-refractivity contribution in [2.75, 3.05) is 24.1 Å². The Kier molecular flexibility index (Phi) is 4.91. The lowest BCUT2D eigenvalue weighted by Gasteiger charge is -2.27. The minimum absolute atomic E-state index is 0.0629. The van der Waals surface area contributed by atoms with Gasteiger partial charge in [-0.3, -0.25) is 4.79 Å². The van der Waals surface area contributed by atoms with Crippen molar-refractivity contribution in [2.24, 2.45) is 0 Å². The van der Waals surface area contributed by atoms with Gasteiger partial charge in [0, 0.05) is 30.8 Å². The maximum absolute atomic E-state index is 13.5. The van der Waals surface area contributed by atoms with Gasteiger partial charge in [-0.25, -0.2) is 9.37 Å². The molecule has 0 amide bonds. The van der Waals surface area contributed by atoms with Gasteiger partial charge in [0.05, 0.1) is 0 Å². The largest absolute Gasteiger partial charge is 0.488 e. The van der Waals surface area contributed by atoms with E-state index in [1.807, 2.05) is 24.3 Å². The predicted molar refractivity (Wildman–Crippen MR) is 105 cm³/mol. The minimum Gasteiger partial charge on any atom is -0.488 e. The summed E-state index contributed by atoms with van der Waals surface area (Å²) in [5.41, 5.74) is 7.12. The van der Waals surface area contributed by atoms with Crippen molar-refractivity contribution in [2.45, 2.75) is 18.7 Å². The molecule has 2 aliphatic rings. The van der Waals surface area contributed by atoms with Crippen LogP contribution in [0.25, 0.3) is 0 Å². The van der Waals surface area contributed by atoms with Gasteiger partial charge in [0.25, 0.3) is 0 Å². The Bertz CT molecular complexity index is 903. The fourth-order valence-electron chi connectivity index (χ4n) is 2.78. The first-order valence-electron chi connectivity index (χ1n) is 8.65. The SMILES string of the molecule is Nc1nc(Nc2ccc(OC3CNC3)cc2)sc1C(=O)C1=CC=CC(F)C1. The molecule has 0 spiro atoms. The normalized spacial score (nSPS) is 19.3. The molecule has 0 radical (unpaired) electrons. The smallest absolute Gasteiger partial charge is 0.202 e. The van der Waals surface area contributed by atoms with E-state index in [4.69, 9.17) is 10.5 Å². The highest BCUT2D eigenvalue weighted by Gasteiger charge is 2.23. The summed E-state index contributed by atoms with van der Waals surface area (Å²) < 4.78 is 19.3. The van der Waals surface area contributed by atoms with Crippen molar-refractivity contribution in [3.8, 4) is 5.75 Å². The zero-order chi connectivity index (χ0) is 18.8. The van der Waals surface area contributed by atoms with E-state index in [-0.39, 0.29) is 24.1 Å². The number of thiazole rings is 1. The second-order valence-electron chi connectivity index (χ2n) is 6.41. The molecule has 0 saturated carbocycles. The molecular weight excluding hydrogens is 367 g/mol. The van der Waals surface area contributed by atoms with Gasteiger partial charge in [0.15, 0.2) is 5.13 Å². The summed E-state index contributed by atoms with van der Waals surface area (Å²) in [5, 5.41) is 6.81. The molecule has 1 atom stereocenters. The number of rotatable bonds is 6. The number of nitrogen functional groups attached to an aromatic ring is 1. The first-order valence-corrected chi connectivity index (χ1v) is 9.47. The number of benzene rings is 1. The Morgan fingerprint density at radius 1 is 1.33 bits per heavy atom. The molecule has 4 N–H and O–H groups in total. The van der Waals surface area contributed by atoms with Gasteiger partial charge in [0.1, 0.15) is 28.7 Å². The van der Waals surface area contributed by atoms with Crippen LogP contribution >= 0.6 is 11.3 Å². The van der Waals surface area contributed by atoms with Crippen LogP contribution in [0, 0.1) is 0 Å². The van der Waals surface area contributed by atoms with E-state index in [2.05, 4.69) is 15.6 Å². The average Bonchev–Trinajstić information content (AvgIpc) is 2.99. The number of ketones is 1. The summed E-state index contributed by atoms with van der Waals surface area (Å²) >= 11 is 1.16. The van der Waals surface area contributed by atoms with Crippen LogP contribution in [0.4, 0.5) is 21.0 Å². The fourth-order valence-corrected chi connectivity index (χ4v) is 3.66. The van der Waals surface area contributed by atoms with E-state index < -0.39 is 6.17 Å². The lowest BCUT2D eigenvalue weighted by atomic mass is 9.99. The molecule has 1 aromatic heterocycles. The summed E-state index contributed by atoms with van der Waals surface area (Å²) in [6, 6.07) is 7.51. The summed E-state index contributed by atoms with van der Waals surface area (Å²) in [5.74, 6) is 0.679. The van der Waals surface area contributed by atoms with Crippen molar-refractivity contribution in [1.82, 2.24) is 10.3 Å². The second kappa shape index (κ2) is 7.50. The van der Waals surface area contributed by atoms with E-state index in [1.165, 1.54) is 6.08 Å². The monoisotopic (exact) mass is 386 g/mol. The number of carbonyl (C=O) groups is 1. The van der Waals surface area contributed by atoms with Gasteiger partial charge < -0.3 is 21.1 Å². The van der Waals surface area contributed by atoms with Gasteiger partial charge in [-0.2, -0.15) is 0 Å². The van der Waals surface area contributed by atoms with Crippen molar-refractivity contribution in [1.29, 1.82) is 0 Å². The summed E-state index contributed by atoms with van der Waals surface area (Å²) in [6.45, 7) is 1.73. The van der Waals surface area contributed by atoms with Crippen molar-refractivity contribution in [3.63, 3.8) is 0 Å². The van der Waals surface area contributed by atoms with Gasteiger partial charge in [-0.05, 0) is 24.3 Å². The number of nitrogens with zero attached hydrogens (tertiary/aromatic N) is 1. The number of anilines is 3. The van der Waals surface area contributed by atoms with Crippen molar-refractivity contribution >= 4 is 33.8 Å². The molecule has 1 fully saturated rings. The Hall–Kier alpha value is -2.71. The number of hydrogen-bond donors (Lipinski definition) is 3. The second-order valence-corrected chi connectivity index (χ2v) is 7.41. The molecule has 0 bridgehead atoms. The van der Waals surface area contributed by atoms with Crippen LogP contribution < -0.4 is 21.1 Å². The van der Waals surface area contributed by atoms with Crippen LogP contribution in [0.3, 0.4) is 0 Å². The number of ether oxygens (including phenoxy) is 1. The molecule has 6 nitrogen and oxygen atoms in total. The fraction of sp³-hybridized carbons (Fsp3) is 0.263. The number of carbonyl (C=O) groups excluding carboxylic acids is 1. The molecule has 140 valence electrons.